The summed E-state index contributed by atoms with van der Waals surface area (Å²) in [4.78, 5) is 16.2. The zero-order valence-corrected chi connectivity index (χ0v) is 14.8. The van der Waals surface area contributed by atoms with E-state index in [1.165, 1.54) is 6.20 Å². The molecule has 0 saturated carbocycles. The van der Waals surface area contributed by atoms with Crippen molar-refractivity contribution in [3.63, 3.8) is 0 Å². The van der Waals surface area contributed by atoms with E-state index in [4.69, 9.17) is 4.74 Å². The Morgan fingerprint density at radius 2 is 2.00 bits per heavy atom. The lowest BCUT2D eigenvalue weighted by atomic mass is 10.2. The number of amides is 1. The molecule has 0 aliphatic carbocycles. The quantitative estimate of drug-likeness (QED) is 0.776. The third kappa shape index (κ3) is 5.65. The Morgan fingerprint density at radius 3 is 2.61 bits per heavy atom. The summed E-state index contributed by atoms with van der Waals surface area (Å²) >= 11 is 3.37. The average Bonchev–Trinajstić information content (AvgIpc) is 2.56. The Balaban J connectivity index is 1.91. The van der Waals surface area contributed by atoms with Crippen LogP contribution in [0.4, 0.5) is 0 Å². The highest BCUT2D eigenvalue weighted by Gasteiger charge is 2.08. The minimum Gasteiger partial charge on any atom is -0.439 e. The van der Waals surface area contributed by atoms with Crippen LogP contribution < -0.4 is 15.4 Å². The van der Waals surface area contributed by atoms with Crippen LogP contribution in [0.2, 0.25) is 0 Å². The molecule has 2 N–H and O–H groups in total. The molecule has 2 rings (SSSR count). The van der Waals surface area contributed by atoms with Gasteiger partial charge in [-0.2, -0.15) is 0 Å². The molecule has 0 bridgehead atoms. The van der Waals surface area contributed by atoms with Crippen LogP contribution in [0.15, 0.2) is 47.1 Å². The smallest absolute Gasteiger partial charge is 0.252 e. The number of pyridine rings is 1. The van der Waals surface area contributed by atoms with Gasteiger partial charge in [0.15, 0.2) is 0 Å². The Hall–Kier alpha value is -1.92. The molecule has 23 heavy (non-hydrogen) atoms. The van der Waals surface area contributed by atoms with Gasteiger partial charge in [0.05, 0.1) is 5.56 Å². The van der Waals surface area contributed by atoms with E-state index in [9.17, 15) is 4.79 Å². The third-order valence-corrected chi connectivity index (χ3v) is 3.68. The van der Waals surface area contributed by atoms with Crippen molar-refractivity contribution in [1.29, 1.82) is 0 Å². The predicted octanol–water partition coefficient (Wildman–Crippen LogP) is 3.36. The van der Waals surface area contributed by atoms with Crippen LogP contribution in [0.25, 0.3) is 0 Å². The fourth-order valence-corrected chi connectivity index (χ4v) is 2.23. The summed E-state index contributed by atoms with van der Waals surface area (Å²) in [5.41, 5.74) is 0.511. The summed E-state index contributed by atoms with van der Waals surface area (Å²) in [6, 6.07) is 11.1. The number of likely N-dealkylation sites (N-methyl/N-ethyl adjacent to an activating group) is 1. The maximum Gasteiger partial charge on any atom is 0.252 e. The minimum atomic E-state index is -0.141. The number of halogens is 1. The maximum absolute atomic E-state index is 12.0. The molecule has 0 fully saturated rings. The molecule has 1 aromatic heterocycles. The van der Waals surface area contributed by atoms with Crippen molar-refractivity contribution < 1.29 is 9.53 Å². The van der Waals surface area contributed by atoms with Gasteiger partial charge in [0, 0.05) is 29.3 Å². The lowest BCUT2D eigenvalue weighted by molar-refractivity contribution is 0.0950. The molecule has 0 aliphatic rings. The number of ether oxygens (including phenoxy) is 1. The minimum absolute atomic E-state index is 0.141. The van der Waals surface area contributed by atoms with Crippen LogP contribution in [0.1, 0.15) is 24.2 Å². The highest BCUT2D eigenvalue weighted by atomic mass is 79.9. The van der Waals surface area contributed by atoms with Crippen LogP contribution in [-0.2, 0) is 0 Å². The number of benzene rings is 1. The van der Waals surface area contributed by atoms with Crippen LogP contribution in [0.3, 0.4) is 0 Å². The number of carbonyl (C=O) groups is 1. The Bertz CT molecular complexity index is 629. The van der Waals surface area contributed by atoms with E-state index < -0.39 is 0 Å². The van der Waals surface area contributed by atoms with Crippen LogP contribution in [0.5, 0.6) is 11.6 Å². The Kier molecular flexibility index (Phi) is 6.55. The van der Waals surface area contributed by atoms with Crippen LogP contribution in [0, 0.1) is 0 Å². The topological polar surface area (TPSA) is 63.2 Å². The highest BCUT2D eigenvalue weighted by Crippen LogP contribution is 2.21. The van der Waals surface area contributed by atoms with Crippen LogP contribution in [-0.4, -0.2) is 30.0 Å². The van der Waals surface area contributed by atoms with Gasteiger partial charge >= 0.3 is 0 Å². The normalized spacial score (nSPS) is 11.8. The van der Waals surface area contributed by atoms with Gasteiger partial charge in [0.1, 0.15) is 5.75 Å². The number of nitrogens with zero attached hydrogens (tertiary/aromatic N) is 1. The summed E-state index contributed by atoms with van der Waals surface area (Å²) in [7, 11) is 0. The number of carbonyl (C=O) groups excluding carboxylic acids is 1. The molecule has 5 nitrogen and oxygen atoms in total. The van der Waals surface area contributed by atoms with Gasteiger partial charge in [-0.15, -0.1) is 0 Å². The van der Waals surface area contributed by atoms with E-state index in [0.717, 1.165) is 11.0 Å². The SMILES string of the molecule is CCN[C@H](C)CNC(=O)c1ccc(Oc2ccc(Br)cc2)nc1. The van der Waals surface area contributed by atoms with Crippen molar-refractivity contribution >= 4 is 21.8 Å². The van der Waals surface area contributed by atoms with E-state index in [0.29, 0.717) is 23.7 Å². The van der Waals surface area contributed by atoms with Crippen molar-refractivity contribution in [1.82, 2.24) is 15.6 Å². The van der Waals surface area contributed by atoms with E-state index in [-0.39, 0.29) is 11.9 Å². The van der Waals surface area contributed by atoms with Crippen molar-refractivity contribution in [3.8, 4) is 11.6 Å². The zero-order chi connectivity index (χ0) is 16.7. The van der Waals surface area contributed by atoms with E-state index in [2.05, 4.69) is 31.5 Å². The van der Waals surface area contributed by atoms with E-state index >= 15 is 0 Å². The molecule has 6 heteroatoms. The van der Waals surface area contributed by atoms with Crippen molar-refractivity contribution in [2.45, 2.75) is 19.9 Å². The molecule has 0 radical (unpaired) electrons. The molecule has 1 aromatic carbocycles. The molecule has 0 spiro atoms. The number of hydrogen-bond acceptors (Lipinski definition) is 4. The summed E-state index contributed by atoms with van der Waals surface area (Å²) in [6.07, 6.45) is 1.52. The average molecular weight is 378 g/mol. The first-order valence-corrected chi connectivity index (χ1v) is 8.29. The molecular formula is C17H20BrN3O2. The molecule has 0 aliphatic heterocycles. The van der Waals surface area contributed by atoms with Crippen molar-refractivity contribution in [2.75, 3.05) is 13.1 Å². The molecule has 0 unspecified atom stereocenters. The first-order valence-electron chi connectivity index (χ1n) is 7.49. The Morgan fingerprint density at radius 1 is 1.26 bits per heavy atom. The van der Waals surface area contributed by atoms with E-state index in [1.807, 2.05) is 38.1 Å². The zero-order valence-electron chi connectivity index (χ0n) is 13.2. The monoisotopic (exact) mass is 377 g/mol. The lowest BCUT2D eigenvalue weighted by Crippen LogP contribution is -2.38. The van der Waals surface area contributed by atoms with Gasteiger partial charge in [-0.25, -0.2) is 4.98 Å². The molecule has 1 amide bonds. The van der Waals surface area contributed by atoms with Gasteiger partial charge < -0.3 is 15.4 Å². The predicted molar refractivity (Wildman–Crippen MR) is 93.9 cm³/mol. The first-order chi connectivity index (χ1) is 11.1. The second kappa shape index (κ2) is 8.64. The highest BCUT2D eigenvalue weighted by molar-refractivity contribution is 9.10. The first kappa shape index (κ1) is 17.4. The molecule has 1 heterocycles. The van der Waals surface area contributed by atoms with Crippen molar-refractivity contribution in [3.05, 3.63) is 52.6 Å². The summed E-state index contributed by atoms with van der Waals surface area (Å²) < 4.78 is 6.61. The standard InChI is InChI=1S/C17H20BrN3O2/c1-3-19-12(2)10-21-17(22)13-4-9-16(20-11-13)23-15-7-5-14(18)6-8-15/h4-9,11-12,19H,3,10H2,1-2H3,(H,21,22)/t12-/m1/s1. The number of hydrogen-bond donors (Lipinski definition) is 2. The lowest BCUT2D eigenvalue weighted by Gasteiger charge is -2.13. The molecule has 0 saturated heterocycles. The summed E-state index contributed by atoms with van der Waals surface area (Å²) in [6.45, 7) is 5.51. The van der Waals surface area contributed by atoms with Gasteiger partial charge in [0.25, 0.3) is 5.91 Å². The molecular weight excluding hydrogens is 358 g/mol. The second-order valence-corrected chi connectivity index (χ2v) is 6.03. The van der Waals surface area contributed by atoms with Crippen LogP contribution >= 0.6 is 15.9 Å². The largest absolute Gasteiger partial charge is 0.439 e. The van der Waals surface area contributed by atoms with Gasteiger partial charge in [-0.1, -0.05) is 22.9 Å². The van der Waals surface area contributed by atoms with E-state index in [1.54, 1.807) is 12.1 Å². The third-order valence-electron chi connectivity index (χ3n) is 3.16. The molecule has 122 valence electrons. The summed E-state index contributed by atoms with van der Waals surface area (Å²) in [5, 5.41) is 6.11. The maximum atomic E-state index is 12.0. The Labute approximate surface area is 144 Å². The number of rotatable bonds is 7. The van der Waals surface area contributed by atoms with Gasteiger partial charge in [0.2, 0.25) is 5.88 Å². The fraction of sp³-hybridized carbons (Fsp3) is 0.294. The second-order valence-electron chi connectivity index (χ2n) is 5.11. The number of aromatic nitrogens is 1. The molecule has 1 atom stereocenters. The van der Waals surface area contributed by atoms with Gasteiger partial charge in [-0.3, -0.25) is 4.79 Å². The molecule has 2 aromatic rings. The van der Waals surface area contributed by atoms with Crippen molar-refractivity contribution in [2.24, 2.45) is 0 Å². The summed E-state index contributed by atoms with van der Waals surface area (Å²) in [5.74, 6) is 1.000. The fourth-order valence-electron chi connectivity index (χ4n) is 1.97. The number of nitrogens with one attached hydrogen (secondary N) is 2. The van der Waals surface area contributed by atoms with Gasteiger partial charge in [-0.05, 0) is 43.8 Å².